The van der Waals surface area contributed by atoms with Crippen molar-refractivity contribution in [2.45, 2.75) is 12.1 Å². The van der Waals surface area contributed by atoms with Crippen molar-refractivity contribution in [2.75, 3.05) is 5.75 Å². The Balaban J connectivity index is 1.68. The Kier molecular flexibility index (Phi) is 5.82. The van der Waals surface area contributed by atoms with Crippen molar-refractivity contribution in [1.82, 2.24) is 24.7 Å². The maximum absolute atomic E-state index is 12.7. The lowest BCUT2D eigenvalue weighted by atomic mass is 10.1. The van der Waals surface area contributed by atoms with Gasteiger partial charge in [0.2, 0.25) is 0 Å². The minimum Gasteiger partial charge on any atom is -0.293 e. The van der Waals surface area contributed by atoms with Gasteiger partial charge in [-0.05, 0) is 25.1 Å². The summed E-state index contributed by atoms with van der Waals surface area (Å²) in [6.07, 6.45) is 4.88. The van der Waals surface area contributed by atoms with E-state index in [1.165, 1.54) is 11.8 Å². The van der Waals surface area contributed by atoms with E-state index in [2.05, 4.69) is 36.1 Å². The lowest BCUT2D eigenvalue weighted by molar-refractivity contribution is 0.102. The molecular formula is C21H16BrN5OS. The highest BCUT2D eigenvalue weighted by Crippen LogP contribution is 2.28. The van der Waals surface area contributed by atoms with Crippen LogP contribution in [-0.2, 0) is 0 Å². The largest absolute Gasteiger partial charge is 0.293 e. The van der Waals surface area contributed by atoms with E-state index >= 15 is 0 Å². The van der Waals surface area contributed by atoms with Gasteiger partial charge < -0.3 is 0 Å². The Morgan fingerprint density at radius 1 is 1.07 bits per heavy atom. The van der Waals surface area contributed by atoms with E-state index in [9.17, 15) is 4.79 Å². The van der Waals surface area contributed by atoms with Crippen LogP contribution in [0.5, 0.6) is 0 Å². The summed E-state index contributed by atoms with van der Waals surface area (Å²) in [6.45, 7) is 2.03. The van der Waals surface area contributed by atoms with Crippen LogP contribution in [0.2, 0.25) is 0 Å². The number of aromatic nitrogens is 5. The number of carbonyl (C=O) groups excluding carboxylic acids is 1. The van der Waals surface area contributed by atoms with Gasteiger partial charge in [0.1, 0.15) is 5.69 Å². The first-order valence-corrected chi connectivity index (χ1v) is 10.6. The van der Waals surface area contributed by atoms with E-state index in [4.69, 9.17) is 0 Å². The van der Waals surface area contributed by atoms with Crippen LogP contribution < -0.4 is 0 Å². The zero-order valence-corrected chi connectivity index (χ0v) is 17.9. The lowest BCUT2D eigenvalue weighted by Gasteiger charge is -2.10. The molecule has 0 aliphatic carbocycles. The number of thioether (sulfide) groups is 1. The predicted molar refractivity (Wildman–Crippen MR) is 116 cm³/mol. The topological polar surface area (TPSA) is 73.6 Å². The molecule has 0 aliphatic rings. The molecular weight excluding hydrogens is 450 g/mol. The van der Waals surface area contributed by atoms with Crippen molar-refractivity contribution in [3.8, 4) is 17.2 Å². The molecule has 0 bridgehead atoms. The summed E-state index contributed by atoms with van der Waals surface area (Å²) < 4.78 is 2.69. The number of ketones is 1. The number of hydrogen-bond acceptors (Lipinski definition) is 6. The van der Waals surface area contributed by atoms with E-state index in [0.717, 1.165) is 15.7 Å². The van der Waals surface area contributed by atoms with Gasteiger partial charge in [0, 0.05) is 28.1 Å². The van der Waals surface area contributed by atoms with Gasteiger partial charge in [-0.1, -0.05) is 63.6 Å². The summed E-state index contributed by atoms with van der Waals surface area (Å²) in [4.78, 5) is 21.2. The van der Waals surface area contributed by atoms with Crippen LogP contribution in [0, 0.1) is 6.92 Å². The van der Waals surface area contributed by atoms with Crippen LogP contribution in [0.1, 0.15) is 15.9 Å². The minimum absolute atomic E-state index is 0.0157. The maximum Gasteiger partial charge on any atom is 0.196 e. The molecule has 2 aromatic heterocycles. The normalized spacial score (nSPS) is 10.8. The predicted octanol–water partition coefficient (Wildman–Crippen LogP) is 4.77. The number of aryl methyl sites for hydroxylation is 1. The van der Waals surface area contributed by atoms with Gasteiger partial charge in [0.25, 0.3) is 0 Å². The van der Waals surface area contributed by atoms with E-state index in [0.29, 0.717) is 22.2 Å². The van der Waals surface area contributed by atoms with E-state index in [-0.39, 0.29) is 11.5 Å². The van der Waals surface area contributed by atoms with Crippen molar-refractivity contribution in [1.29, 1.82) is 0 Å². The van der Waals surface area contributed by atoms with Gasteiger partial charge in [-0.3, -0.25) is 14.3 Å². The molecule has 0 atom stereocenters. The smallest absolute Gasteiger partial charge is 0.196 e. The maximum atomic E-state index is 12.7. The number of Topliss-reactive ketones (excluding diaryl/α,β-unsaturated/α-hetero) is 1. The number of rotatable bonds is 6. The molecule has 4 rings (SSSR count). The number of halogens is 1. The molecule has 0 N–H and O–H groups in total. The monoisotopic (exact) mass is 465 g/mol. The van der Waals surface area contributed by atoms with Crippen molar-refractivity contribution in [3.63, 3.8) is 0 Å². The molecule has 29 heavy (non-hydrogen) atoms. The van der Waals surface area contributed by atoms with Crippen molar-refractivity contribution < 1.29 is 4.79 Å². The van der Waals surface area contributed by atoms with Crippen LogP contribution in [0.25, 0.3) is 17.2 Å². The summed E-state index contributed by atoms with van der Waals surface area (Å²) >= 11 is 4.78. The highest BCUT2D eigenvalue weighted by atomic mass is 79.9. The third-order valence-corrected chi connectivity index (χ3v) is 5.84. The van der Waals surface area contributed by atoms with Crippen molar-refractivity contribution >= 4 is 33.5 Å². The number of carbonyl (C=O) groups is 1. The third kappa shape index (κ3) is 4.28. The second-order valence-electron chi connectivity index (χ2n) is 6.26. The fourth-order valence-electron chi connectivity index (χ4n) is 2.77. The van der Waals surface area contributed by atoms with E-state index in [1.54, 1.807) is 18.6 Å². The SMILES string of the molecule is Cc1ccc(-n2c(SCC(=O)c3ccccc3Br)nnc2-c2cnccn2)cc1. The van der Waals surface area contributed by atoms with Crippen molar-refractivity contribution in [2.24, 2.45) is 0 Å². The van der Waals surface area contributed by atoms with E-state index in [1.807, 2.05) is 60.0 Å². The van der Waals surface area contributed by atoms with Gasteiger partial charge in [0.15, 0.2) is 16.8 Å². The molecule has 0 unspecified atom stereocenters. The molecule has 144 valence electrons. The summed E-state index contributed by atoms with van der Waals surface area (Å²) in [6, 6.07) is 15.4. The molecule has 6 nitrogen and oxygen atoms in total. The number of nitrogens with zero attached hydrogens (tertiary/aromatic N) is 5. The Hall–Kier alpha value is -2.84. The van der Waals surface area contributed by atoms with Gasteiger partial charge in [-0.15, -0.1) is 10.2 Å². The first kappa shape index (κ1) is 19.5. The molecule has 0 amide bonds. The Morgan fingerprint density at radius 2 is 1.86 bits per heavy atom. The average molecular weight is 466 g/mol. The van der Waals surface area contributed by atoms with E-state index < -0.39 is 0 Å². The van der Waals surface area contributed by atoms with Gasteiger partial charge in [-0.25, -0.2) is 4.98 Å². The summed E-state index contributed by atoms with van der Waals surface area (Å²) in [5, 5.41) is 9.27. The van der Waals surface area contributed by atoms with Crippen molar-refractivity contribution in [3.05, 3.63) is 82.7 Å². The number of hydrogen-bond donors (Lipinski definition) is 0. The van der Waals surface area contributed by atoms with Crippen LogP contribution >= 0.6 is 27.7 Å². The summed E-state index contributed by atoms with van der Waals surface area (Å²) in [5.41, 5.74) is 3.32. The molecule has 0 saturated carbocycles. The zero-order chi connectivity index (χ0) is 20.2. The van der Waals surface area contributed by atoms with Gasteiger partial charge >= 0.3 is 0 Å². The second-order valence-corrected chi connectivity index (χ2v) is 8.06. The average Bonchev–Trinajstić information content (AvgIpc) is 3.17. The molecule has 0 saturated heterocycles. The first-order chi connectivity index (χ1) is 14.1. The molecule has 0 spiro atoms. The Bertz CT molecular complexity index is 1150. The molecule has 0 fully saturated rings. The van der Waals surface area contributed by atoms with Crippen LogP contribution in [0.15, 0.2) is 76.8 Å². The third-order valence-electron chi connectivity index (χ3n) is 4.22. The fraction of sp³-hybridized carbons (Fsp3) is 0.0952. The molecule has 8 heteroatoms. The van der Waals surface area contributed by atoms with Crippen LogP contribution in [-0.4, -0.2) is 36.3 Å². The fourth-order valence-corrected chi connectivity index (χ4v) is 4.11. The quantitative estimate of drug-likeness (QED) is 0.301. The molecule has 2 heterocycles. The standard InChI is InChI=1S/C21H16BrN5OS/c1-14-6-8-15(9-7-14)27-20(18-12-23-10-11-24-18)25-26-21(27)29-13-19(28)16-4-2-3-5-17(16)22/h2-12H,13H2,1H3. The minimum atomic E-state index is 0.0157. The first-order valence-electron chi connectivity index (χ1n) is 8.83. The van der Waals surface area contributed by atoms with Gasteiger partial charge in [0.05, 0.1) is 11.9 Å². The Labute approximate surface area is 180 Å². The highest BCUT2D eigenvalue weighted by molar-refractivity contribution is 9.10. The highest BCUT2D eigenvalue weighted by Gasteiger charge is 2.19. The van der Waals surface area contributed by atoms with Crippen LogP contribution in [0.4, 0.5) is 0 Å². The molecule has 4 aromatic rings. The Morgan fingerprint density at radius 3 is 2.59 bits per heavy atom. The van der Waals surface area contributed by atoms with Gasteiger partial charge in [-0.2, -0.15) is 0 Å². The number of benzene rings is 2. The van der Waals surface area contributed by atoms with Crippen LogP contribution in [0.3, 0.4) is 0 Å². The molecule has 0 aliphatic heterocycles. The zero-order valence-electron chi connectivity index (χ0n) is 15.5. The second kappa shape index (κ2) is 8.67. The molecule has 2 aromatic carbocycles. The lowest BCUT2D eigenvalue weighted by Crippen LogP contribution is -2.06. The summed E-state index contributed by atoms with van der Waals surface area (Å²) in [5.74, 6) is 0.840. The molecule has 0 radical (unpaired) electrons. The summed E-state index contributed by atoms with van der Waals surface area (Å²) in [7, 11) is 0.